The molecule has 0 radical (unpaired) electrons. The lowest BCUT2D eigenvalue weighted by Crippen LogP contribution is -1.99. The van der Waals surface area contributed by atoms with E-state index in [1.165, 1.54) is 0 Å². The molecule has 4 heteroatoms. The summed E-state index contributed by atoms with van der Waals surface area (Å²) >= 11 is 0. The first-order chi connectivity index (χ1) is 6.25. The van der Waals surface area contributed by atoms with Crippen LogP contribution >= 0.6 is 0 Å². The topological polar surface area (TPSA) is 66.0 Å². The molecule has 2 heterocycles. The second-order valence-corrected chi connectivity index (χ2v) is 2.83. The maximum absolute atomic E-state index is 10.4. The van der Waals surface area contributed by atoms with Gasteiger partial charge in [0.2, 0.25) is 0 Å². The summed E-state index contributed by atoms with van der Waals surface area (Å²) in [5.74, 6) is -0.834. The van der Waals surface area contributed by atoms with Gasteiger partial charge in [-0.25, -0.2) is 0 Å². The number of aliphatic carboxylic acids is 1. The number of aromatic nitrogens is 2. The Hall–Kier alpha value is -1.84. The molecular formula is C9H8N2O2. The Balaban J connectivity index is 2.44. The number of aromatic amines is 1. The average molecular weight is 176 g/mol. The van der Waals surface area contributed by atoms with E-state index in [-0.39, 0.29) is 6.42 Å². The van der Waals surface area contributed by atoms with Crippen molar-refractivity contribution in [1.82, 2.24) is 9.97 Å². The molecule has 0 amide bonds. The van der Waals surface area contributed by atoms with Gasteiger partial charge in [-0.2, -0.15) is 0 Å². The van der Waals surface area contributed by atoms with Gasteiger partial charge in [0.1, 0.15) is 0 Å². The minimum absolute atomic E-state index is 0.0225. The van der Waals surface area contributed by atoms with E-state index >= 15 is 0 Å². The van der Waals surface area contributed by atoms with Gasteiger partial charge in [-0.3, -0.25) is 9.78 Å². The fourth-order valence-electron chi connectivity index (χ4n) is 1.29. The minimum atomic E-state index is -0.834. The third kappa shape index (κ3) is 1.51. The molecule has 0 aliphatic heterocycles. The number of hydrogen-bond donors (Lipinski definition) is 2. The van der Waals surface area contributed by atoms with Gasteiger partial charge in [-0.05, 0) is 12.1 Å². The van der Waals surface area contributed by atoms with E-state index in [2.05, 4.69) is 9.97 Å². The molecule has 13 heavy (non-hydrogen) atoms. The maximum Gasteiger partial charge on any atom is 0.309 e. The van der Waals surface area contributed by atoms with Gasteiger partial charge in [0.05, 0.1) is 18.1 Å². The van der Waals surface area contributed by atoms with Gasteiger partial charge in [0.25, 0.3) is 0 Å². The third-order valence-corrected chi connectivity index (χ3v) is 1.82. The van der Waals surface area contributed by atoms with Crippen molar-refractivity contribution >= 4 is 16.9 Å². The average Bonchev–Trinajstić information content (AvgIpc) is 2.44. The molecule has 4 nitrogen and oxygen atoms in total. The highest BCUT2D eigenvalue weighted by Crippen LogP contribution is 2.13. The predicted molar refractivity (Wildman–Crippen MR) is 47.4 cm³/mol. The van der Waals surface area contributed by atoms with Gasteiger partial charge >= 0.3 is 5.97 Å². The molecule has 0 saturated heterocycles. The van der Waals surface area contributed by atoms with Crippen LogP contribution in [0.1, 0.15) is 5.69 Å². The van der Waals surface area contributed by atoms with Gasteiger partial charge in [-0.1, -0.05) is 0 Å². The highest BCUT2D eigenvalue weighted by Gasteiger charge is 2.03. The van der Waals surface area contributed by atoms with E-state index in [0.29, 0.717) is 5.69 Å². The van der Waals surface area contributed by atoms with Crippen LogP contribution in [0.3, 0.4) is 0 Å². The van der Waals surface area contributed by atoms with Crippen molar-refractivity contribution in [3.8, 4) is 0 Å². The smallest absolute Gasteiger partial charge is 0.309 e. The van der Waals surface area contributed by atoms with E-state index in [1.54, 1.807) is 12.4 Å². The van der Waals surface area contributed by atoms with Crippen molar-refractivity contribution in [2.24, 2.45) is 0 Å². The zero-order chi connectivity index (χ0) is 9.26. The van der Waals surface area contributed by atoms with Gasteiger partial charge in [0.15, 0.2) is 0 Å². The van der Waals surface area contributed by atoms with Crippen LogP contribution in [0.2, 0.25) is 0 Å². The number of nitrogens with one attached hydrogen (secondary N) is 1. The van der Waals surface area contributed by atoms with Crippen LogP contribution in [0.15, 0.2) is 24.5 Å². The van der Waals surface area contributed by atoms with Crippen molar-refractivity contribution in [2.45, 2.75) is 6.42 Å². The third-order valence-electron chi connectivity index (χ3n) is 1.82. The highest BCUT2D eigenvalue weighted by molar-refractivity contribution is 5.81. The zero-order valence-electron chi connectivity index (χ0n) is 6.82. The van der Waals surface area contributed by atoms with E-state index in [1.807, 2.05) is 12.1 Å². The van der Waals surface area contributed by atoms with E-state index in [4.69, 9.17) is 5.11 Å². The van der Waals surface area contributed by atoms with Gasteiger partial charge < -0.3 is 10.1 Å². The molecule has 2 aromatic heterocycles. The number of carboxylic acids is 1. The number of rotatable bonds is 2. The van der Waals surface area contributed by atoms with Crippen LogP contribution in [0.5, 0.6) is 0 Å². The fraction of sp³-hybridized carbons (Fsp3) is 0.111. The quantitative estimate of drug-likeness (QED) is 0.722. The fourth-order valence-corrected chi connectivity index (χ4v) is 1.29. The molecule has 0 fully saturated rings. The lowest BCUT2D eigenvalue weighted by molar-refractivity contribution is -0.136. The van der Waals surface area contributed by atoms with Crippen LogP contribution in [-0.2, 0) is 11.2 Å². The zero-order valence-corrected chi connectivity index (χ0v) is 6.82. The van der Waals surface area contributed by atoms with E-state index in [0.717, 1.165) is 10.9 Å². The summed E-state index contributed by atoms with van der Waals surface area (Å²) < 4.78 is 0. The molecule has 0 saturated carbocycles. The molecule has 66 valence electrons. The first-order valence-electron chi connectivity index (χ1n) is 3.89. The van der Waals surface area contributed by atoms with Crippen molar-refractivity contribution in [3.63, 3.8) is 0 Å². The maximum atomic E-state index is 10.4. The van der Waals surface area contributed by atoms with Gasteiger partial charge in [-0.15, -0.1) is 0 Å². The van der Waals surface area contributed by atoms with Crippen LogP contribution < -0.4 is 0 Å². The molecule has 0 aromatic carbocycles. The monoisotopic (exact) mass is 176 g/mol. The lowest BCUT2D eigenvalue weighted by Gasteiger charge is -1.87. The molecule has 2 aromatic rings. The Kier molecular flexibility index (Phi) is 1.73. The standard InChI is InChI=1S/C9H8N2O2/c12-9(13)4-7-3-6-1-2-10-5-8(6)11-7/h1-3,5,11H,4H2,(H,12,13). The van der Waals surface area contributed by atoms with Crippen molar-refractivity contribution in [3.05, 3.63) is 30.2 Å². The highest BCUT2D eigenvalue weighted by atomic mass is 16.4. The number of carboxylic acid groups (broad SMARTS) is 1. The van der Waals surface area contributed by atoms with Gasteiger partial charge in [0, 0.05) is 17.3 Å². The molecule has 0 bridgehead atoms. The second kappa shape index (κ2) is 2.90. The molecule has 2 N–H and O–H groups in total. The number of pyridine rings is 1. The van der Waals surface area contributed by atoms with Crippen molar-refractivity contribution in [2.75, 3.05) is 0 Å². The summed E-state index contributed by atoms with van der Waals surface area (Å²) in [4.78, 5) is 17.3. The van der Waals surface area contributed by atoms with E-state index < -0.39 is 5.97 Å². The van der Waals surface area contributed by atoms with Crippen molar-refractivity contribution in [1.29, 1.82) is 0 Å². The summed E-state index contributed by atoms with van der Waals surface area (Å²) in [7, 11) is 0. The summed E-state index contributed by atoms with van der Waals surface area (Å²) in [5.41, 5.74) is 1.58. The number of fused-ring (bicyclic) bond motifs is 1. The van der Waals surface area contributed by atoms with Crippen LogP contribution in [0, 0.1) is 0 Å². The molecule has 0 unspecified atom stereocenters. The molecular weight excluding hydrogens is 168 g/mol. The summed E-state index contributed by atoms with van der Waals surface area (Å²) in [6, 6.07) is 3.67. The Morgan fingerprint density at radius 1 is 1.62 bits per heavy atom. The number of nitrogens with zero attached hydrogens (tertiary/aromatic N) is 1. The molecule has 2 rings (SSSR count). The first kappa shape index (κ1) is 7.79. The van der Waals surface area contributed by atoms with Crippen LogP contribution in [0.25, 0.3) is 10.9 Å². The summed E-state index contributed by atoms with van der Waals surface area (Å²) in [6.07, 6.45) is 3.39. The molecule has 0 spiro atoms. The number of H-pyrrole nitrogens is 1. The normalized spacial score (nSPS) is 10.5. The Morgan fingerprint density at radius 3 is 3.15 bits per heavy atom. The summed E-state index contributed by atoms with van der Waals surface area (Å²) in [5, 5.41) is 9.55. The number of carbonyl (C=O) groups is 1. The van der Waals surface area contributed by atoms with Crippen LogP contribution in [0.4, 0.5) is 0 Å². The lowest BCUT2D eigenvalue weighted by atomic mass is 10.3. The molecule has 0 aliphatic carbocycles. The second-order valence-electron chi connectivity index (χ2n) is 2.83. The van der Waals surface area contributed by atoms with E-state index in [9.17, 15) is 4.79 Å². The summed E-state index contributed by atoms with van der Waals surface area (Å²) in [6.45, 7) is 0. The first-order valence-corrected chi connectivity index (χ1v) is 3.89. The predicted octanol–water partition coefficient (Wildman–Crippen LogP) is 1.19. The van der Waals surface area contributed by atoms with Crippen LogP contribution in [-0.4, -0.2) is 21.0 Å². The minimum Gasteiger partial charge on any atom is -0.481 e. The number of hydrogen-bond acceptors (Lipinski definition) is 2. The molecule has 0 atom stereocenters. The SMILES string of the molecule is O=C(O)Cc1cc2ccncc2[nH]1. The largest absolute Gasteiger partial charge is 0.481 e. The molecule has 0 aliphatic rings. The Labute approximate surface area is 74.2 Å². The Morgan fingerprint density at radius 2 is 2.46 bits per heavy atom. The Bertz CT molecular complexity index is 415. The van der Waals surface area contributed by atoms with Crippen molar-refractivity contribution < 1.29 is 9.90 Å².